The number of aliphatic hydroxyl groups excluding tert-OH is 1. The highest BCUT2D eigenvalue weighted by Gasteiger charge is 2.31. The van der Waals surface area contributed by atoms with Crippen LogP contribution in [0.5, 0.6) is 5.75 Å². The molecule has 1 N–H and O–H groups in total. The Kier molecular flexibility index (Phi) is 7.11. The summed E-state index contributed by atoms with van der Waals surface area (Å²) in [5.74, 6) is -1.88. The van der Waals surface area contributed by atoms with Gasteiger partial charge in [0.15, 0.2) is 0 Å². The zero-order valence-corrected chi connectivity index (χ0v) is 24.0. The summed E-state index contributed by atoms with van der Waals surface area (Å²) in [6, 6.07) is 5.36. The standard InChI is InChI=1S/C30H28F2N6O3S/c1-5-25(40)37-7-8-38-23(17(37)3)12-21(35-38)29-27(26-20(32)10-18(31)11-24(26)41-14-16(2)39)30-19(6-9-42-30)28(34-29)22-13-36(4)15-33-22/h5-6,9-13,15-17,39H,1,7-8,14H2,2-4H3/t16-,17+/m1/s1. The van der Waals surface area contributed by atoms with Crippen LogP contribution in [-0.4, -0.2) is 59.5 Å². The molecule has 1 aromatic carbocycles. The van der Waals surface area contributed by atoms with Gasteiger partial charge < -0.3 is 19.3 Å². The van der Waals surface area contributed by atoms with Crippen LogP contribution in [-0.2, 0) is 18.4 Å². The molecule has 0 saturated carbocycles. The third kappa shape index (κ3) is 4.76. The van der Waals surface area contributed by atoms with E-state index in [2.05, 4.69) is 11.6 Å². The Balaban J connectivity index is 1.64. The van der Waals surface area contributed by atoms with Crippen LogP contribution in [0, 0.1) is 11.6 Å². The minimum Gasteiger partial charge on any atom is -0.490 e. The fourth-order valence-corrected chi connectivity index (χ4v) is 6.27. The molecule has 6 rings (SSSR count). The van der Waals surface area contributed by atoms with Gasteiger partial charge in [0.2, 0.25) is 5.91 Å². The van der Waals surface area contributed by atoms with Gasteiger partial charge in [0.1, 0.15) is 41.1 Å². The average molecular weight is 591 g/mol. The number of aromatic nitrogens is 5. The van der Waals surface area contributed by atoms with Crippen LogP contribution in [0.2, 0.25) is 0 Å². The van der Waals surface area contributed by atoms with Crippen molar-refractivity contribution < 1.29 is 23.4 Å². The van der Waals surface area contributed by atoms with E-state index in [4.69, 9.17) is 14.8 Å². The average Bonchev–Trinajstić information content (AvgIpc) is 3.71. The molecule has 1 aliphatic rings. The number of hydrogen-bond acceptors (Lipinski definition) is 7. The Hall–Kier alpha value is -4.42. The summed E-state index contributed by atoms with van der Waals surface area (Å²) in [7, 11) is 1.86. The number of rotatable bonds is 7. The molecule has 0 aliphatic carbocycles. The Morgan fingerprint density at radius 3 is 2.76 bits per heavy atom. The molecule has 0 bridgehead atoms. The summed E-state index contributed by atoms with van der Waals surface area (Å²) < 4.78 is 40.4. The Labute approximate surface area is 244 Å². The molecule has 216 valence electrons. The fourth-order valence-electron chi connectivity index (χ4n) is 5.33. The van der Waals surface area contributed by atoms with Gasteiger partial charge in [-0.2, -0.15) is 5.10 Å². The van der Waals surface area contributed by atoms with Crippen LogP contribution < -0.4 is 4.74 Å². The molecular formula is C30H28F2N6O3S. The summed E-state index contributed by atoms with van der Waals surface area (Å²) in [5.41, 5.74) is 3.21. The maximum atomic E-state index is 15.8. The van der Waals surface area contributed by atoms with Gasteiger partial charge in [-0.05, 0) is 37.4 Å². The molecule has 5 aromatic rings. The number of amides is 1. The quantitative estimate of drug-likeness (QED) is 0.257. The summed E-state index contributed by atoms with van der Waals surface area (Å²) in [6.45, 7) is 7.80. The SMILES string of the molecule is C=CC(=O)N1CCn2nc(-c3nc(-c4cn(C)cn4)c4ccsc4c3-c3c(F)cc(F)cc3OC[C@@H](C)O)cc2[C@@H]1C. The number of fused-ring (bicyclic) bond motifs is 2. The largest absolute Gasteiger partial charge is 0.490 e. The monoisotopic (exact) mass is 590 g/mol. The van der Waals surface area contributed by atoms with E-state index in [1.54, 1.807) is 11.2 Å². The summed E-state index contributed by atoms with van der Waals surface area (Å²) in [5, 5.41) is 17.3. The van der Waals surface area contributed by atoms with Crippen molar-refractivity contribution in [1.29, 1.82) is 0 Å². The zero-order chi connectivity index (χ0) is 29.7. The molecule has 4 aromatic heterocycles. The number of imidazole rings is 1. The van der Waals surface area contributed by atoms with E-state index in [0.717, 1.165) is 23.2 Å². The molecule has 0 saturated heterocycles. The van der Waals surface area contributed by atoms with E-state index in [1.165, 1.54) is 24.3 Å². The maximum absolute atomic E-state index is 15.8. The number of hydrogen-bond donors (Lipinski definition) is 1. The van der Waals surface area contributed by atoms with Crippen LogP contribution in [0.25, 0.3) is 44.0 Å². The first-order valence-corrected chi connectivity index (χ1v) is 14.2. The normalized spacial score (nSPS) is 15.6. The molecule has 12 heteroatoms. The van der Waals surface area contributed by atoms with Crippen molar-refractivity contribution in [2.24, 2.45) is 7.05 Å². The van der Waals surface area contributed by atoms with Gasteiger partial charge in [-0.1, -0.05) is 6.58 Å². The lowest BCUT2D eigenvalue weighted by Crippen LogP contribution is -2.40. The Morgan fingerprint density at radius 1 is 1.24 bits per heavy atom. The number of aryl methyl sites for hydroxylation is 1. The van der Waals surface area contributed by atoms with Gasteiger partial charge in [-0.25, -0.2) is 18.7 Å². The third-order valence-corrected chi connectivity index (χ3v) is 8.20. The van der Waals surface area contributed by atoms with E-state index in [0.29, 0.717) is 46.1 Å². The van der Waals surface area contributed by atoms with Crippen LogP contribution in [0.4, 0.5) is 8.78 Å². The van der Waals surface area contributed by atoms with Crippen molar-refractivity contribution in [1.82, 2.24) is 29.2 Å². The number of halogens is 2. The highest BCUT2D eigenvalue weighted by atomic mass is 32.1. The maximum Gasteiger partial charge on any atom is 0.246 e. The molecule has 0 spiro atoms. The van der Waals surface area contributed by atoms with E-state index in [1.807, 2.05) is 46.9 Å². The van der Waals surface area contributed by atoms with Crippen molar-refractivity contribution in [3.05, 3.63) is 72.2 Å². The molecule has 1 amide bonds. The number of ether oxygens (including phenoxy) is 1. The molecule has 0 radical (unpaired) electrons. The van der Waals surface area contributed by atoms with E-state index in [-0.39, 0.29) is 29.9 Å². The van der Waals surface area contributed by atoms with Crippen LogP contribution in [0.15, 0.2) is 54.8 Å². The molecule has 42 heavy (non-hydrogen) atoms. The van der Waals surface area contributed by atoms with Crippen LogP contribution >= 0.6 is 11.3 Å². The number of aliphatic hydroxyl groups is 1. The Morgan fingerprint density at radius 2 is 2.05 bits per heavy atom. The number of benzene rings is 1. The molecule has 0 unspecified atom stereocenters. The highest BCUT2D eigenvalue weighted by Crippen LogP contribution is 2.47. The molecule has 2 atom stereocenters. The Bertz CT molecular complexity index is 1840. The van der Waals surface area contributed by atoms with Gasteiger partial charge in [0, 0.05) is 47.6 Å². The van der Waals surface area contributed by atoms with Crippen molar-refractivity contribution in [2.45, 2.75) is 32.5 Å². The fraction of sp³-hybridized carbons (Fsp3) is 0.267. The smallest absolute Gasteiger partial charge is 0.246 e. The van der Waals surface area contributed by atoms with Crippen molar-refractivity contribution in [3.8, 4) is 39.7 Å². The second kappa shape index (κ2) is 10.8. The second-order valence-corrected chi connectivity index (χ2v) is 11.2. The molecular weight excluding hydrogens is 562 g/mol. The van der Waals surface area contributed by atoms with Crippen molar-refractivity contribution in [3.63, 3.8) is 0 Å². The van der Waals surface area contributed by atoms with Gasteiger partial charge in [0.05, 0.1) is 42.0 Å². The van der Waals surface area contributed by atoms with Gasteiger partial charge in [0.25, 0.3) is 0 Å². The number of carbonyl (C=O) groups is 1. The lowest BCUT2D eigenvalue weighted by atomic mass is 9.97. The second-order valence-electron chi connectivity index (χ2n) is 10.3. The number of nitrogens with zero attached hydrogens (tertiary/aromatic N) is 6. The van der Waals surface area contributed by atoms with E-state index in [9.17, 15) is 14.3 Å². The summed E-state index contributed by atoms with van der Waals surface area (Å²) in [4.78, 5) is 23.8. The molecule has 1 aliphatic heterocycles. The number of pyridine rings is 1. The third-order valence-electron chi connectivity index (χ3n) is 7.26. The van der Waals surface area contributed by atoms with Crippen LogP contribution in [0.3, 0.4) is 0 Å². The minimum absolute atomic E-state index is 0.0158. The molecule has 9 nitrogen and oxygen atoms in total. The minimum atomic E-state index is -0.863. The van der Waals surface area contributed by atoms with E-state index >= 15 is 4.39 Å². The number of carbonyl (C=O) groups excluding carboxylic acids is 1. The van der Waals surface area contributed by atoms with Gasteiger partial charge in [-0.15, -0.1) is 11.3 Å². The van der Waals surface area contributed by atoms with Gasteiger partial charge >= 0.3 is 0 Å². The lowest BCUT2D eigenvalue weighted by molar-refractivity contribution is -0.129. The summed E-state index contributed by atoms with van der Waals surface area (Å²) in [6.07, 6.45) is 3.95. The first-order valence-electron chi connectivity index (χ1n) is 13.4. The topological polar surface area (TPSA) is 98.3 Å². The van der Waals surface area contributed by atoms with Crippen LogP contribution in [0.1, 0.15) is 25.6 Å². The summed E-state index contributed by atoms with van der Waals surface area (Å²) >= 11 is 1.38. The first-order chi connectivity index (χ1) is 20.2. The number of thiophene rings is 1. The zero-order valence-electron chi connectivity index (χ0n) is 23.2. The predicted molar refractivity (Wildman–Crippen MR) is 156 cm³/mol. The van der Waals surface area contributed by atoms with Crippen molar-refractivity contribution in [2.75, 3.05) is 13.2 Å². The molecule has 0 fully saturated rings. The lowest BCUT2D eigenvalue weighted by Gasteiger charge is -2.33. The highest BCUT2D eigenvalue weighted by molar-refractivity contribution is 7.18. The predicted octanol–water partition coefficient (Wildman–Crippen LogP) is 5.35. The van der Waals surface area contributed by atoms with E-state index < -0.39 is 17.7 Å². The molecule has 5 heterocycles. The first kappa shape index (κ1) is 27.7. The van der Waals surface area contributed by atoms with Gasteiger partial charge in [-0.3, -0.25) is 9.48 Å². The van der Waals surface area contributed by atoms with Crippen molar-refractivity contribution >= 4 is 27.3 Å².